The molecule has 0 aliphatic carbocycles. The van der Waals surface area contributed by atoms with Crippen LogP contribution in [0.2, 0.25) is 0 Å². The predicted octanol–water partition coefficient (Wildman–Crippen LogP) is 5.89. The van der Waals surface area contributed by atoms with E-state index in [1.807, 2.05) is 26.0 Å². The molecule has 4 aromatic rings. The summed E-state index contributed by atoms with van der Waals surface area (Å²) < 4.78 is 12.4. The van der Waals surface area contributed by atoms with Gasteiger partial charge in [-0.25, -0.2) is 4.79 Å². The van der Waals surface area contributed by atoms with Crippen LogP contribution in [0.15, 0.2) is 54.7 Å². The first kappa shape index (κ1) is 15.2. The van der Waals surface area contributed by atoms with Gasteiger partial charge in [-0.2, -0.15) is 0 Å². The minimum Gasteiger partial charge on any atom is -0.463 e. The maximum atomic E-state index is 12.0. The number of rotatable bonds is 1. The van der Waals surface area contributed by atoms with E-state index >= 15 is 0 Å². The molecule has 2 aromatic heterocycles. The molecule has 0 atom stereocenters. The number of fused-ring (bicyclic) bond motifs is 2. The minimum absolute atomic E-state index is 0.290. The van der Waals surface area contributed by atoms with Crippen LogP contribution in [0, 0.1) is 20.8 Å². The Morgan fingerprint density at radius 2 is 1.58 bits per heavy atom. The van der Waals surface area contributed by atoms with E-state index in [0.717, 1.165) is 43.1 Å². The zero-order chi connectivity index (χ0) is 17.0. The zero-order valence-corrected chi connectivity index (χ0v) is 15.2. The van der Waals surface area contributed by atoms with Crippen LogP contribution in [-0.2, 0) is 0 Å². The van der Waals surface area contributed by atoms with Gasteiger partial charge in [-0.3, -0.25) is 0 Å². The number of aryl methyl sites for hydroxylation is 2. The molecule has 0 unspecified atom stereocenters. The number of halogens is 1. The van der Waals surface area contributed by atoms with Gasteiger partial charge in [0.1, 0.15) is 11.2 Å². The van der Waals surface area contributed by atoms with Gasteiger partial charge in [0.2, 0.25) is 0 Å². The SMILES string of the molecule is Cc1c(C)c2cc3c(-c4ccc(Br)cc4)coc3c(C)c2oc1=O. The quantitative estimate of drug-likeness (QED) is 0.385. The molecule has 0 radical (unpaired) electrons. The lowest BCUT2D eigenvalue weighted by molar-refractivity contribution is 0.549. The van der Waals surface area contributed by atoms with Gasteiger partial charge in [-0.1, -0.05) is 28.1 Å². The third-order valence-electron chi connectivity index (χ3n) is 4.67. The lowest BCUT2D eigenvalue weighted by atomic mass is 9.98. The summed E-state index contributed by atoms with van der Waals surface area (Å²) in [5, 5.41) is 1.98. The Morgan fingerprint density at radius 1 is 0.875 bits per heavy atom. The molecule has 3 nitrogen and oxygen atoms in total. The molecule has 24 heavy (non-hydrogen) atoms. The fourth-order valence-electron chi connectivity index (χ4n) is 3.10. The van der Waals surface area contributed by atoms with Gasteiger partial charge in [0.25, 0.3) is 0 Å². The van der Waals surface area contributed by atoms with Crippen LogP contribution < -0.4 is 5.63 Å². The lowest BCUT2D eigenvalue weighted by Crippen LogP contribution is -2.06. The largest absolute Gasteiger partial charge is 0.463 e. The molecular weight excluding hydrogens is 368 g/mol. The molecule has 0 aliphatic heterocycles. The van der Waals surface area contributed by atoms with Gasteiger partial charge in [-0.15, -0.1) is 0 Å². The van der Waals surface area contributed by atoms with Crippen LogP contribution in [0.1, 0.15) is 16.7 Å². The summed E-state index contributed by atoms with van der Waals surface area (Å²) in [6.45, 7) is 5.68. The smallest absolute Gasteiger partial charge is 0.339 e. The third kappa shape index (κ3) is 2.13. The zero-order valence-electron chi connectivity index (χ0n) is 13.6. The van der Waals surface area contributed by atoms with Crippen molar-refractivity contribution >= 4 is 37.9 Å². The van der Waals surface area contributed by atoms with E-state index in [-0.39, 0.29) is 5.63 Å². The van der Waals surface area contributed by atoms with Gasteiger partial charge >= 0.3 is 5.63 Å². The monoisotopic (exact) mass is 382 g/mol. The molecule has 2 heterocycles. The van der Waals surface area contributed by atoms with Crippen molar-refractivity contribution in [3.63, 3.8) is 0 Å². The van der Waals surface area contributed by atoms with E-state index in [1.54, 1.807) is 13.2 Å². The average Bonchev–Trinajstić information content (AvgIpc) is 2.99. The van der Waals surface area contributed by atoms with Gasteiger partial charge < -0.3 is 8.83 Å². The van der Waals surface area contributed by atoms with Crippen LogP contribution in [-0.4, -0.2) is 0 Å². The maximum Gasteiger partial charge on any atom is 0.339 e. The highest BCUT2D eigenvalue weighted by Gasteiger charge is 2.17. The first-order valence-corrected chi connectivity index (χ1v) is 8.47. The molecule has 0 saturated heterocycles. The van der Waals surface area contributed by atoms with Crippen LogP contribution in [0.4, 0.5) is 0 Å². The Balaban J connectivity index is 2.11. The van der Waals surface area contributed by atoms with E-state index in [2.05, 4.69) is 34.1 Å². The van der Waals surface area contributed by atoms with Crippen molar-refractivity contribution in [2.75, 3.05) is 0 Å². The van der Waals surface area contributed by atoms with Crippen molar-refractivity contribution in [1.29, 1.82) is 0 Å². The summed E-state index contributed by atoms with van der Waals surface area (Å²) in [6.07, 6.45) is 1.76. The van der Waals surface area contributed by atoms with Gasteiger partial charge in [0.15, 0.2) is 0 Å². The van der Waals surface area contributed by atoms with Crippen LogP contribution in [0.5, 0.6) is 0 Å². The summed E-state index contributed by atoms with van der Waals surface area (Å²) in [6, 6.07) is 10.2. The van der Waals surface area contributed by atoms with Crippen LogP contribution in [0.3, 0.4) is 0 Å². The summed E-state index contributed by atoms with van der Waals surface area (Å²) in [4.78, 5) is 12.0. The fourth-order valence-corrected chi connectivity index (χ4v) is 3.37. The van der Waals surface area contributed by atoms with Crippen LogP contribution in [0.25, 0.3) is 33.1 Å². The highest BCUT2D eigenvalue weighted by atomic mass is 79.9. The van der Waals surface area contributed by atoms with Gasteiger partial charge in [0.05, 0.1) is 6.26 Å². The van der Waals surface area contributed by atoms with Crippen molar-refractivity contribution in [3.05, 3.63) is 68.2 Å². The Kier molecular flexibility index (Phi) is 3.39. The molecule has 0 bridgehead atoms. The summed E-state index contributed by atoms with van der Waals surface area (Å²) in [5.41, 5.74) is 5.64. The molecule has 0 spiro atoms. The summed E-state index contributed by atoms with van der Waals surface area (Å²) in [5.74, 6) is 0. The predicted molar refractivity (Wildman–Crippen MR) is 99.6 cm³/mol. The van der Waals surface area contributed by atoms with Gasteiger partial charge in [0, 0.05) is 31.9 Å². The standard InChI is InChI=1S/C20H15BrO3/c1-10-11(2)20(22)24-19-12(3)18-16(8-15(10)19)17(9-23-18)13-4-6-14(21)7-5-13/h4-9H,1-3H3. The molecule has 4 heteroatoms. The average molecular weight is 383 g/mol. The Morgan fingerprint density at radius 3 is 2.29 bits per heavy atom. The molecule has 0 fully saturated rings. The Labute approximate surface area is 147 Å². The van der Waals surface area contributed by atoms with E-state index in [9.17, 15) is 4.79 Å². The van der Waals surface area contributed by atoms with Crippen molar-refractivity contribution < 1.29 is 8.83 Å². The second-order valence-electron chi connectivity index (χ2n) is 6.05. The topological polar surface area (TPSA) is 43.4 Å². The van der Waals surface area contributed by atoms with Crippen molar-refractivity contribution in [1.82, 2.24) is 0 Å². The molecule has 0 N–H and O–H groups in total. The normalized spacial score (nSPS) is 11.5. The Hall–Kier alpha value is -2.33. The molecule has 2 aromatic carbocycles. The summed E-state index contributed by atoms with van der Waals surface area (Å²) >= 11 is 3.46. The maximum absolute atomic E-state index is 12.0. The first-order chi connectivity index (χ1) is 11.5. The van der Waals surface area contributed by atoms with E-state index < -0.39 is 0 Å². The fraction of sp³-hybridized carbons (Fsp3) is 0.150. The first-order valence-electron chi connectivity index (χ1n) is 7.68. The molecule has 4 rings (SSSR count). The van der Waals surface area contributed by atoms with Crippen molar-refractivity contribution in [3.8, 4) is 11.1 Å². The van der Waals surface area contributed by atoms with E-state index in [0.29, 0.717) is 11.1 Å². The summed E-state index contributed by atoms with van der Waals surface area (Å²) in [7, 11) is 0. The van der Waals surface area contributed by atoms with Crippen LogP contribution >= 0.6 is 15.9 Å². The Bertz CT molecular complexity index is 1150. The molecule has 0 aliphatic rings. The highest BCUT2D eigenvalue weighted by Crippen LogP contribution is 2.37. The molecular formula is C20H15BrO3. The van der Waals surface area contributed by atoms with E-state index in [1.165, 1.54) is 0 Å². The highest BCUT2D eigenvalue weighted by molar-refractivity contribution is 9.10. The second-order valence-corrected chi connectivity index (χ2v) is 6.97. The van der Waals surface area contributed by atoms with E-state index in [4.69, 9.17) is 8.83 Å². The lowest BCUT2D eigenvalue weighted by Gasteiger charge is -2.08. The molecule has 120 valence electrons. The number of hydrogen-bond acceptors (Lipinski definition) is 3. The number of furan rings is 1. The molecule has 0 amide bonds. The van der Waals surface area contributed by atoms with Crippen molar-refractivity contribution in [2.45, 2.75) is 20.8 Å². The van der Waals surface area contributed by atoms with Gasteiger partial charge in [-0.05, 0) is 50.1 Å². The number of hydrogen-bond donors (Lipinski definition) is 0. The number of benzene rings is 2. The second kappa shape index (κ2) is 5.35. The third-order valence-corrected chi connectivity index (χ3v) is 5.20. The molecule has 0 saturated carbocycles. The van der Waals surface area contributed by atoms with Crippen molar-refractivity contribution in [2.24, 2.45) is 0 Å². The minimum atomic E-state index is -0.290.